The van der Waals surface area contributed by atoms with E-state index in [2.05, 4.69) is 51.3 Å². The summed E-state index contributed by atoms with van der Waals surface area (Å²) >= 11 is 3.68. The van der Waals surface area contributed by atoms with Crippen LogP contribution < -0.4 is 10.2 Å². The van der Waals surface area contributed by atoms with Gasteiger partial charge < -0.3 is 15.3 Å². The van der Waals surface area contributed by atoms with Gasteiger partial charge in [0.1, 0.15) is 0 Å². The van der Waals surface area contributed by atoms with Crippen LogP contribution in [0.15, 0.2) is 22.7 Å². The molecular weight excluding hydrogens is 316 g/mol. The molecule has 1 aliphatic rings. The molecule has 1 aromatic carbocycles. The van der Waals surface area contributed by atoms with E-state index in [1.807, 2.05) is 14.0 Å². The Bertz CT molecular complexity index is 442. The maximum Gasteiger partial charge on any atom is 0.0541 e. The topological polar surface area (TPSA) is 35.5 Å². The Morgan fingerprint density at radius 3 is 2.45 bits per heavy atom. The number of rotatable bonds is 4. The van der Waals surface area contributed by atoms with Crippen LogP contribution in [-0.2, 0) is 0 Å². The molecule has 2 unspecified atom stereocenters. The number of benzene rings is 1. The Morgan fingerprint density at radius 1 is 1.30 bits per heavy atom. The van der Waals surface area contributed by atoms with Gasteiger partial charge in [-0.3, -0.25) is 0 Å². The lowest BCUT2D eigenvalue weighted by Crippen LogP contribution is -2.37. The minimum atomic E-state index is -0.178. The summed E-state index contributed by atoms with van der Waals surface area (Å²) in [6, 6.07) is 6.96. The summed E-state index contributed by atoms with van der Waals surface area (Å²) in [5, 5.41) is 12.9. The van der Waals surface area contributed by atoms with E-state index in [1.54, 1.807) is 0 Å². The number of hydrogen-bond donors (Lipinski definition) is 2. The first-order chi connectivity index (χ1) is 9.52. The lowest BCUT2D eigenvalue weighted by Gasteiger charge is -2.35. The maximum atomic E-state index is 9.67. The highest BCUT2D eigenvalue weighted by Gasteiger charge is 2.23. The van der Waals surface area contributed by atoms with E-state index >= 15 is 0 Å². The van der Waals surface area contributed by atoms with Crippen LogP contribution in [0.25, 0.3) is 0 Å². The van der Waals surface area contributed by atoms with Crippen molar-refractivity contribution in [1.82, 2.24) is 5.32 Å². The fourth-order valence-electron chi connectivity index (χ4n) is 2.86. The van der Waals surface area contributed by atoms with Crippen LogP contribution in [0.3, 0.4) is 0 Å². The fraction of sp³-hybridized carbons (Fsp3) is 0.625. The molecular formula is C16H25BrN2O. The van der Waals surface area contributed by atoms with E-state index in [1.165, 1.54) is 11.3 Å². The number of aliphatic hydroxyl groups excluding tert-OH is 1. The summed E-state index contributed by atoms with van der Waals surface area (Å²) in [4.78, 5) is 2.41. The molecule has 0 spiro atoms. The molecule has 1 saturated heterocycles. The minimum absolute atomic E-state index is 0.178. The molecule has 0 saturated carbocycles. The summed E-state index contributed by atoms with van der Waals surface area (Å²) in [6.07, 6.45) is 1.97. The van der Waals surface area contributed by atoms with Crippen LogP contribution in [0.2, 0.25) is 0 Å². The molecule has 20 heavy (non-hydrogen) atoms. The molecule has 1 heterocycles. The number of anilines is 1. The van der Waals surface area contributed by atoms with Crippen LogP contribution in [0.1, 0.15) is 38.3 Å². The lowest BCUT2D eigenvalue weighted by molar-refractivity contribution is 0.110. The van der Waals surface area contributed by atoms with Gasteiger partial charge in [-0.25, -0.2) is 0 Å². The number of halogens is 1. The summed E-state index contributed by atoms with van der Waals surface area (Å²) in [5.74, 6) is 0.457. The Hall–Kier alpha value is -0.580. The Kier molecular flexibility index (Phi) is 5.47. The van der Waals surface area contributed by atoms with E-state index in [0.29, 0.717) is 12.0 Å². The molecule has 3 nitrogen and oxygen atoms in total. The molecule has 2 N–H and O–H groups in total. The van der Waals surface area contributed by atoms with Gasteiger partial charge in [-0.15, -0.1) is 0 Å². The van der Waals surface area contributed by atoms with E-state index in [-0.39, 0.29) is 6.10 Å². The number of aliphatic hydroxyl groups is 1. The van der Waals surface area contributed by atoms with Gasteiger partial charge in [-0.2, -0.15) is 0 Å². The molecule has 4 heteroatoms. The van der Waals surface area contributed by atoms with E-state index in [9.17, 15) is 5.11 Å². The summed E-state index contributed by atoms with van der Waals surface area (Å²) in [5.41, 5.74) is 2.56. The highest BCUT2D eigenvalue weighted by Crippen LogP contribution is 2.31. The van der Waals surface area contributed by atoms with Gasteiger partial charge in [0.25, 0.3) is 0 Å². The van der Waals surface area contributed by atoms with Crippen molar-refractivity contribution in [3.05, 3.63) is 28.2 Å². The largest absolute Gasteiger partial charge is 0.393 e. The third-order valence-electron chi connectivity index (χ3n) is 4.47. The number of nitrogens with one attached hydrogen (secondary N) is 1. The maximum absolute atomic E-state index is 9.67. The first kappa shape index (κ1) is 15.8. The average molecular weight is 341 g/mol. The number of nitrogens with zero attached hydrogens (tertiary/aromatic N) is 1. The predicted molar refractivity (Wildman–Crippen MR) is 88.2 cm³/mol. The first-order valence-corrected chi connectivity index (χ1v) is 8.22. The van der Waals surface area contributed by atoms with E-state index in [4.69, 9.17) is 0 Å². The zero-order chi connectivity index (χ0) is 14.7. The van der Waals surface area contributed by atoms with Crippen molar-refractivity contribution in [2.45, 2.75) is 38.8 Å². The Labute approximate surface area is 130 Å². The molecule has 112 valence electrons. The highest BCUT2D eigenvalue weighted by molar-refractivity contribution is 9.10. The minimum Gasteiger partial charge on any atom is -0.393 e. The quantitative estimate of drug-likeness (QED) is 0.882. The first-order valence-electron chi connectivity index (χ1n) is 7.42. The second kappa shape index (κ2) is 6.92. The van der Waals surface area contributed by atoms with Crippen molar-refractivity contribution >= 4 is 21.6 Å². The van der Waals surface area contributed by atoms with Crippen LogP contribution in [0.5, 0.6) is 0 Å². The van der Waals surface area contributed by atoms with E-state index < -0.39 is 0 Å². The molecule has 1 fully saturated rings. The Balaban J connectivity index is 2.06. The van der Waals surface area contributed by atoms with Crippen molar-refractivity contribution in [3.63, 3.8) is 0 Å². The van der Waals surface area contributed by atoms with Crippen molar-refractivity contribution in [2.24, 2.45) is 5.92 Å². The van der Waals surface area contributed by atoms with Gasteiger partial charge in [0.2, 0.25) is 0 Å². The molecule has 0 amide bonds. The SMILES string of the molecule is CNC(C)c1ccc(N2CCC(C(C)O)CC2)cc1Br. The normalized spacial score (nSPS) is 19.9. The zero-order valence-corrected chi connectivity index (χ0v) is 14.2. The van der Waals surface area contributed by atoms with Gasteiger partial charge >= 0.3 is 0 Å². The van der Waals surface area contributed by atoms with Gasteiger partial charge in [0.15, 0.2) is 0 Å². The molecule has 2 rings (SSSR count). The van der Waals surface area contributed by atoms with Gasteiger partial charge in [-0.1, -0.05) is 22.0 Å². The van der Waals surface area contributed by atoms with Crippen LogP contribution in [-0.4, -0.2) is 31.3 Å². The average Bonchev–Trinajstić information content (AvgIpc) is 2.46. The second-order valence-corrected chi connectivity index (χ2v) is 6.64. The molecule has 0 bridgehead atoms. The molecule has 1 aromatic rings. The van der Waals surface area contributed by atoms with Crippen molar-refractivity contribution in [2.75, 3.05) is 25.0 Å². The predicted octanol–water partition coefficient (Wildman–Crippen LogP) is 3.33. The number of hydrogen-bond acceptors (Lipinski definition) is 3. The van der Waals surface area contributed by atoms with Crippen molar-refractivity contribution in [3.8, 4) is 0 Å². The summed E-state index contributed by atoms with van der Waals surface area (Å²) in [6.45, 7) is 6.13. The monoisotopic (exact) mass is 340 g/mol. The van der Waals surface area contributed by atoms with Gasteiger partial charge in [0, 0.05) is 29.3 Å². The molecule has 2 atom stereocenters. The van der Waals surface area contributed by atoms with Crippen LogP contribution in [0.4, 0.5) is 5.69 Å². The summed E-state index contributed by atoms with van der Waals surface area (Å²) in [7, 11) is 1.98. The van der Waals surface area contributed by atoms with Crippen molar-refractivity contribution in [1.29, 1.82) is 0 Å². The standard InChI is InChI=1S/C16H25BrN2O/c1-11(18-3)15-5-4-14(10-16(15)17)19-8-6-13(7-9-19)12(2)20/h4-5,10-13,18,20H,6-9H2,1-3H3. The molecule has 0 aromatic heterocycles. The van der Waals surface area contributed by atoms with Gasteiger partial charge in [0.05, 0.1) is 6.10 Å². The number of piperidine rings is 1. The third kappa shape index (κ3) is 3.54. The smallest absolute Gasteiger partial charge is 0.0541 e. The van der Waals surface area contributed by atoms with Crippen LogP contribution >= 0.6 is 15.9 Å². The highest BCUT2D eigenvalue weighted by atomic mass is 79.9. The van der Waals surface area contributed by atoms with E-state index in [0.717, 1.165) is 30.4 Å². The molecule has 1 aliphatic heterocycles. The molecule has 0 radical (unpaired) electrons. The van der Waals surface area contributed by atoms with Crippen molar-refractivity contribution < 1.29 is 5.11 Å². The lowest BCUT2D eigenvalue weighted by atomic mass is 9.92. The summed E-state index contributed by atoms with van der Waals surface area (Å²) < 4.78 is 1.16. The fourth-order valence-corrected chi connectivity index (χ4v) is 3.57. The molecule has 0 aliphatic carbocycles. The third-order valence-corrected chi connectivity index (χ3v) is 5.16. The Morgan fingerprint density at radius 2 is 1.95 bits per heavy atom. The second-order valence-electron chi connectivity index (χ2n) is 5.78. The van der Waals surface area contributed by atoms with Crippen LogP contribution in [0, 0.1) is 5.92 Å². The van der Waals surface area contributed by atoms with Gasteiger partial charge in [-0.05, 0) is 57.4 Å². The zero-order valence-electron chi connectivity index (χ0n) is 12.6.